The van der Waals surface area contributed by atoms with E-state index in [0.717, 1.165) is 11.1 Å². The van der Waals surface area contributed by atoms with Crippen LogP contribution in [0.3, 0.4) is 0 Å². The predicted octanol–water partition coefficient (Wildman–Crippen LogP) is 2.09. The highest BCUT2D eigenvalue weighted by Crippen LogP contribution is 2.19. The molecule has 3 rings (SSSR count). The van der Waals surface area contributed by atoms with E-state index in [1.54, 1.807) is 12.3 Å². The minimum atomic E-state index is -0.584. The monoisotopic (exact) mass is 239 g/mol. The number of hydrogen-bond acceptors (Lipinski definition) is 4. The highest BCUT2D eigenvalue weighted by atomic mass is 16.5. The molecule has 0 aliphatic rings. The van der Waals surface area contributed by atoms with Gasteiger partial charge in [-0.15, -0.1) is 0 Å². The van der Waals surface area contributed by atoms with Crippen LogP contribution in [-0.2, 0) is 0 Å². The summed E-state index contributed by atoms with van der Waals surface area (Å²) in [6, 6.07) is 13.6. The number of nitrogens with zero attached hydrogens (tertiary/aromatic N) is 2. The highest BCUT2D eigenvalue weighted by Gasteiger charge is 2.05. The van der Waals surface area contributed by atoms with Crippen molar-refractivity contribution in [2.24, 2.45) is 0 Å². The molecular formula is C13H9N3O2. The molecule has 0 saturated carbocycles. The van der Waals surface area contributed by atoms with Gasteiger partial charge in [-0.05, 0) is 11.6 Å². The van der Waals surface area contributed by atoms with Gasteiger partial charge in [-0.3, -0.25) is 14.5 Å². The van der Waals surface area contributed by atoms with Crippen LogP contribution in [0.15, 0.2) is 58.0 Å². The second kappa shape index (κ2) is 4.29. The molecule has 0 saturated heterocycles. The SMILES string of the molecule is O=c1[nH]c(-c2ccc(-c3ccccc3)cn2)no1. The average Bonchev–Trinajstić information content (AvgIpc) is 2.87. The summed E-state index contributed by atoms with van der Waals surface area (Å²) in [5, 5.41) is 3.58. The Kier molecular flexibility index (Phi) is 2.49. The number of rotatable bonds is 2. The maximum Gasteiger partial charge on any atom is 0.439 e. The minimum Gasteiger partial charge on any atom is -0.296 e. The molecule has 0 fully saturated rings. The van der Waals surface area contributed by atoms with Crippen LogP contribution >= 0.6 is 0 Å². The van der Waals surface area contributed by atoms with Crippen molar-refractivity contribution in [2.45, 2.75) is 0 Å². The van der Waals surface area contributed by atoms with Gasteiger partial charge < -0.3 is 0 Å². The van der Waals surface area contributed by atoms with Gasteiger partial charge in [-0.25, -0.2) is 4.79 Å². The summed E-state index contributed by atoms with van der Waals surface area (Å²) in [7, 11) is 0. The number of hydrogen-bond donors (Lipinski definition) is 1. The van der Waals surface area contributed by atoms with Crippen molar-refractivity contribution >= 4 is 0 Å². The lowest BCUT2D eigenvalue weighted by Gasteiger charge is -2.01. The molecule has 2 heterocycles. The Morgan fingerprint density at radius 1 is 1.00 bits per heavy atom. The van der Waals surface area contributed by atoms with E-state index in [4.69, 9.17) is 0 Å². The fourth-order valence-corrected chi connectivity index (χ4v) is 1.68. The molecule has 0 spiro atoms. The molecule has 0 aliphatic heterocycles. The molecule has 18 heavy (non-hydrogen) atoms. The Balaban J connectivity index is 1.97. The summed E-state index contributed by atoms with van der Waals surface area (Å²) in [5.74, 6) is -0.251. The van der Waals surface area contributed by atoms with Crippen LogP contribution in [0.25, 0.3) is 22.6 Å². The first-order chi connectivity index (χ1) is 8.83. The van der Waals surface area contributed by atoms with Gasteiger partial charge in [0.2, 0.25) is 5.82 Å². The topological polar surface area (TPSA) is 71.8 Å². The summed E-state index contributed by atoms with van der Waals surface area (Å²) in [6.45, 7) is 0. The Hall–Kier alpha value is -2.69. The molecule has 5 nitrogen and oxygen atoms in total. The van der Waals surface area contributed by atoms with Crippen molar-refractivity contribution in [1.29, 1.82) is 0 Å². The van der Waals surface area contributed by atoms with Crippen molar-refractivity contribution < 1.29 is 4.52 Å². The van der Waals surface area contributed by atoms with Crippen LogP contribution in [0, 0.1) is 0 Å². The number of H-pyrrole nitrogens is 1. The lowest BCUT2D eigenvalue weighted by Crippen LogP contribution is -1.95. The number of benzene rings is 1. The van der Waals surface area contributed by atoms with Crippen LogP contribution in [0.4, 0.5) is 0 Å². The number of aromatic amines is 1. The van der Waals surface area contributed by atoms with Crippen LogP contribution in [0.1, 0.15) is 0 Å². The van der Waals surface area contributed by atoms with Gasteiger partial charge in [0.25, 0.3) is 0 Å². The second-order valence-electron chi connectivity index (χ2n) is 3.74. The van der Waals surface area contributed by atoms with Crippen molar-refractivity contribution in [1.82, 2.24) is 15.1 Å². The molecular weight excluding hydrogens is 230 g/mol. The lowest BCUT2D eigenvalue weighted by atomic mass is 10.1. The maximum atomic E-state index is 10.8. The van der Waals surface area contributed by atoms with E-state index < -0.39 is 5.76 Å². The molecule has 1 aromatic carbocycles. The van der Waals surface area contributed by atoms with Crippen molar-refractivity contribution in [3.05, 3.63) is 59.2 Å². The fraction of sp³-hybridized carbons (Fsp3) is 0. The van der Waals surface area contributed by atoms with Crippen LogP contribution in [0.5, 0.6) is 0 Å². The average molecular weight is 239 g/mol. The largest absolute Gasteiger partial charge is 0.439 e. The molecule has 0 radical (unpaired) electrons. The smallest absolute Gasteiger partial charge is 0.296 e. The van der Waals surface area contributed by atoms with Crippen molar-refractivity contribution in [2.75, 3.05) is 0 Å². The zero-order valence-corrected chi connectivity index (χ0v) is 9.33. The van der Waals surface area contributed by atoms with Crippen molar-refractivity contribution in [3.63, 3.8) is 0 Å². The number of aromatic nitrogens is 3. The van der Waals surface area contributed by atoms with Crippen molar-refractivity contribution in [3.8, 4) is 22.6 Å². The second-order valence-corrected chi connectivity index (χ2v) is 3.74. The molecule has 0 aliphatic carbocycles. The standard InChI is InChI=1S/C13H9N3O2/c17-13-15-12(16-18-13)11-7-6-10(8-14-11)9-4-2-1-3-5-9/h1-8H,(H,15,16,17). The number of pyridine rings is 1. The molecule has 2 aromatic heterocycles. The Bertz CT molecular complexity index is 699. The Labute approximate surface area is 102 Å². The molecule has 5 heteroatoms. The first kappa shape index (κ1) is 10.5. The fourth-order valence-electron chi connectivity index (χ4n) is 1.68. The molecule has 0 unspecified atom stereocenters. The lowest BCUT2D eigenvalue weighted by molar-refractivity contribution is 0.387. The minimum absolute atomic E-state index is 0.333. The molecule has 0 atom stereocenters. The summed E-state index contributed by atoms with van der Waals surface area (Å²) in [6.07, 6.45) is 1.73. The van der Waals surface area contributed by atoms with E-state index in [-0.39, 0.29) is 0 Å². The zero-order valence-electron chi connectivity index (χ0n) is 9.33. The molecule has 88 valence electrons. The zero-order chi connectivity index (χ0) is 12.4. The van der Waals surface area contributed by atoms with Gasteiger partial charge in [0.1, 0.15) is 5.69 Å². The van der Waals surface area contributed by atoms with Gasteiger partial charge in [-0.2, -0.15) is 0 Å². The van der Waals surface area contributed by atoms with E-state index in [1.807, 2.05) is 36.4 Å². The van der Waals surface area contributed by atoms with Gasteiger partial charge in [0, 0.05) is 11.8 Å². The normalized spacial score (nSPS) is 10.4. The molecule has 0 amide bonds. The summed E-state index contributed by atoms with van der Waals surface area (Å²) in [4.78, 5) is 17.5. The predicted molar refractivity (Wildman–Crippen MR) is 65.8 cm³/mol. The van der Waals surface area contributed by atoms with Crippen LogP contribution in [-0.4, -0.2) is 15.1 Å². The maximum absolute atomic E-state index is 10.8. The Morgan fingerprint density at radius 3 is 2.44 bits per heavy atom. The van der Waals surface area contributed by atoms with Gasteiger partial charge >= 0.3 is 5.76 Å². The van der Waals surface area contributed by atoms with Crippen LogP contribution in [0.2, 0.25) is 0 Å². The third-order valence-corrected chi connectivity index (χ3v) is 2.55. The highest BCUT2D eigenvalue weighted by molar-refractivity contribution is 5.64. The van der Waals surface area contributed by atoms with Crippen LogP contribution < -0.4 is 5.76 Å². The van der Waals surface area contributed by atoms with Gasteiger partial charge in [0.05, 0.1) is 0 Å². The first-order valence-electron chi connectivity index (χ1n) is 5.41. The summed E-state index contributed by atoms with van der Waals surface area (Å²) in [5.41, 5.74) is 2.66. The van der Waals surface area contributed by atoms with E-state index in [9.17, 15) is 4.79 Å². The first-order valence-corrected chi connectivity index (χ1v) is 5.41. The Morgan fingerprint density at radius 2 is 1.83 bits per heavy atom. The number of nitrogens with one attached hydrogen (secondary N) is 1. The van der Waals surface area contributed by atoms with Gasteiger partial charge in [0.15, 0.2) is 0 Å². The van der Waals surface area contributed by atoms with E-state index in [2.05, 4.69) is 19.6 Å². The quantitative estimate of drug-likeness (QED) is 0.743. The third kappa shape index (κ3) is 1.93. The third-order valence-electron chi connectivity index (χ3n) is 2.55. The molecule has 0 bridgehead atoms. The summed E-state index contributed by atoms with van der Waals surface area (Å²) < 4.78 is 4.43. The summed E-state index contributed by atoms with van der Waals surface area (Å²) >= 11 is 0. The van der Waals surface area contributed by atoms with E-state index in [1.165, 1.54) is 0 Å². The molecule has 1 N–H and O–H groups in total. The van der Waals surface area contributed by atoms with E-state index in [0.29, 0.717) is 11.5 Å². The van der Waals surface area contributed by atoms with Gasteiger partial charge in [-0.1, -0.05) is 41.6 Å². The van der Waals surface area contributed by atoms with E-state index >= 15 is 0 Å². The molecule has 3 aromatic rings.